The molecular formula is C9H12ClN3O. The SMILES string of the molecule is Cc1nccnc1NC1COCC1Cl. The van der Waals surface area contributed by atoms with Gasteiger partial charge in [0.1, 0.15) is 5.82 Å². The van der Waals surface area contributed by atoms with Crippen LogP contribution in [0.5, 0.6) is 0 Å². The number of aromatic nitrogens is 2. The maximum Gasteiger partial charge on any atom is 0.147 e. The molecule has 1 fully saturated rings. The van der Waals surface area contributed by atoms with Crippen LogP contribution in [0.1, 0.15) is 5.69 Å². The lowest BCUT2D eigenvalue weighted by molar-refractivity contribution is 0.196. The van der Waals surface area contributed by atoms with Gasteiger partial charge in [-0.1, -0.05) is 0 Å². The smallest absolute Gasteiger partial charge is 0.147 e. The van der Waals surface area contributed by atoms with Crippen molar-refractivity contribution in [3.63, 3.8) is 0 Å². The van der Waals surface area contributed by atoms with Crippen molar-refractivity contribution in [1.82, 2.24) is 9.97 Å². The maximum atomic E-state index is 6.04. The highest BCUT2D eigenvalue weighted by Crippen LogP contribution is 2.17. The number of hydrogen-bond acceptors (Lipinski definition) is 4. The first kappa shape index (κ1) is 9.68. The number of alkyl halides is 1. The molecule has 2 atom stereocenters. The van der Waals surface area contributed by atoms with E-state index in [0.29, 0.717) is 13.2 Å². The largest absolute Gasteiger partial charge is 0.378 e. The minimum atomic E-state index is 0.0106. The molecule has 0 aliphatic carbocycles. The average Bonchev–Trinajstić information content (AvgIpc) is 2.56. The normalized spacial score (nSPS) is 26.4. The van der Waals surface area contributed by atoms with E-state index in [1.807, 2.05) is 6.92 Å². The van der Waals surface area contributed by atoms with Gasteiger partial charge in [-0.25, -0.2) is 4.98 Å². The van der Waals surface area contributed by atoms with E-state index in [1.165, 1.54) is 0 Å². The summed E-state index contributed by atoms with van der Waals surface area (Å²) >= 11 is 6.04. The average molecular weight is 214 g/mol. The third kappa shape index (κ3) is 1.96. The van der Waals surface area contributed by atoms with E-state index >= 15 is 0 Å². The number of nitrogens with zero attached hydrogens (tertiary/aromatic N) is 2. The van der Waals surface area contributed by atoms with E-state index < -0.39 is 0 Å². The number of ether oxygens (including phenoxy) is 1. The number of hydrogen-bond donors (Lipinski definition) is 1. The van der Waals surface area contributed by atoms with Crippen LogP contribution in [0.4, 0.5) is 5.82 Å². The summed E-state index contributed by atoms with van der Waals surface area (Å²) in [6, 6.07) is 0.132. The molecule has 0 spiro atoms. The summed E-state index contributed by atoms with van der Waals surface area (Å²) in [6.07, 6.45) is 3.33. The summed E-state index contributed by atoms with van der Waals surface area (Å²) in [5.74, 6) is 0.786. The van der Waals surface area contributed by atoms with Crippen molar-refractivity contribution in [3.05, 3.63) is 18.1 Å². The molecule has 2 heterocycles. The summed E-state index contributed by atoms with van der Waals surface area (Å²) in [4.78, 5) is 8.33. The number of halogens is 1. The minimum absolute atomic E-state index is 0.0106. The Kier molecular flexibility index (Phi) is 2.84. The Balaban J connectivity index is 2.07. The fraction of sp³-hybridized carbons (Fsp3) is 0.556. The molecule has 14 heavy (non-hydrogen) atoms. The van der Waals surface area contributed by atoms with Gasteiger partial charge in [0.2, 0.25) is 0 Å². The molecule has 2 rings (SSSR count). The van der Waals surface area contributed by atoms with Gasteiger partial charge in [-0.2, -0.15) is 0 Å². The van der Waals surface area contributed by atoms with Gasteiger partial charge in [0.15, 0.2) is 0 Å². The monoisotopic (exact) mass is 213 g/mol. The van der Waals surface area contributed by atoms with Crippen LogP contribution in [0.15, 0.2) is 12.4 Å². The van der Waals surface area contributed by atoms with Crippen LogP contribution >= 0.6 is 11.6 Å². The summed E-state index contributed by atoms with van der Waals surface area (Å²) in [5.41, 5.74) is 0.878. The molecule has 1 aromatic rings. The zero-order chi connectivity index (χ0) is 9.97. The van der Waals surface area contributed by atoms with Crippen molar-refractivity contribution < 1.29 is 4.74 Å². The fourth-order valence-electron chi connectivity index (χ4n) is 1.39. The summed E-state index contributed by atoms with van der Waals surface area (Å²) in [6.45, 7) is 3.14. The number of rotatable bonds is 2. The Labute approximate surface area is 87.7 Å². The van der Waals surface area contributed by atoms with Crippen molar-refractivity contribution in [1.29, 1.82) is 0 Å². The Bertz CT molecular complexity index is 321. The first-order valence-electron chi connectivity index (χ1n) is 4.53. The van der Waals surface area contributed by atoms with Crippen molar-refractivity contribution in [3.8, 4) is 0 Å². The van der Waals surface area contributed by atoms with E-state index in [-0.39, 0.29) is 11.4 Å². The van der Waals surface area contributed by atoms with Gasteiger partial charge in [0, 0.05) is 12.4 Å². The lowest BCUT2D eigenvalue weighted by Gasteiger charge is -2.15. The maximum absolute atomic E-state index is 6.04. The van der Waals surface area contributed by atoms with Crippen molar-refractivity contribution in [2.75, 3.05) is 18.5 Å². The van der Waals surface area contributed by atoms with Crippen molar-refractivity contribution >= 4 is 17.4 Å². The highest BCUT2D eigenvalue weighted by molar-refractivity contribution is 6.21. The molecular weight excluding hydrogens is 202 g/mol. The number of nitrogens with one attached hydrogen (secondary N) is 1. The quantitative estimate of drug-likeness (QED) is 0.751. The number of anilines is 1. The van der Waals surface area contributed by atoms with Gasteiger partial charge in [0.25, 0.3) is 0 Å². The fourth-order valence-corrected chi connectivity index (χ4v) is 1.61. The van der Waals surface area contributed by atoms with Crippen LogP contribution < -0.4 is 5.32 Å². The van der Waals surface area contributed by atoms with Gasteiger partial charge in [-0.15, -0.1) is 11.6 Å². The highest BCUT2D eigenvalue weighted by atomic mass is 35.5. The van der Waals surface area contributed by atoms with Gasteiger partial charge in [-0.05, 0) is 6.92 Å². The second-order valence-electron chi connectivity index (χ2n) is 3.29. The molecule has 1 aliphatic heterocycles. The van der Waals surface area contributed by atoms with Crippen LogP contribution in [0.2, 0.25) is 0 Å². The van der Waals surface area contributed by atoms with Gasteiger partial charge < -0.3 is 10.1 Å². The standard InChI is InChI=1S/C9H12ClN3O/c1-6-9(12-3-2-11-6)13-8-5-14-4-7(8)10/h2-3,7-8H,4-5H2,1H3,(H,12,13). The molecule has 2 unspecified atom stereocenters. The van der Waals surface area contributed by atoms with E-state index in [9.17, 15) is 0 Å². The van der Waals surface area contributed by atoms with E-state index in [0.717, 1.165) is 11.5 Å². The zero-order valence-electron chi connectivity index (χ0n) is 7.90. The van der Waals surface area contributed by atoms with Crippen LogP contribution in [0, 0.1) is 6.92 Å². The van der Waals surface area contributed by atoms with Crippen molar-refractivity contribution in [2.45, 2.75) is 18.3 Å². The minimum Gasteiger partial charge on any atom is -0.378 e. The van der Waals surface area contributed by atoms with E-state index in [4.69, 9.17) is 16.3 Å². The molecule has 1 saturated heterocycles. The van der Waals surface area contributed by atoms with E-state index in [1.54, 1.807) is 12.4 Å². The highest BCUT2D eigenvalue weighted by Gasteiger charge is 2.26. The van der Waals surface area contributed by atoms with Crippen molar-refractivity contribution in [2.24, 2.45) is 0 Å². The molecule has 76 valence electrons. The van der Waals surface area contributed by atoms with Crippen LogP contribution in [-0.2, 0) is 4.74 Å². The lowest BCUT2D eigenvalue weighted by Crippen LogP contribution is -2.29. The molecule has 0 bridgehead atoms. The summed E-state index contributed by atoms with van der Waals surface area (Å²) in [7, 11) is 0. The predicted molar refractivity (Wildman–Crippen MR) is 54.6 cm³/mol. The molecule has 0 saturated carbocycles. The van der Waals surface area contributed by atoms with Gasteiger partial charge >= 0.3 is 0 Å². The Morgan fingerprint density at radius 2 is 2.21 bits per heavy atom. The third-order valence-electron chi connectivity index (χ3n) is 2.21. The molecule has 1 aliphatic rings. The lowest BCUT2D eigenvalue weighted by atomic mass is 10.2. The Morgan fingerprint density at radius 1 is 1.43 bits per heavy atom. The first-order valence-corrected chi connectivity index (χ1v) is 4.97. The second-order valence-corrected chi connectivity index (χ2v) is 3.86. The molecule has 0 radical (unpaired) electrons. The molecule has 1 N–H and O–H groups in total. The Morgan fingerprint density at radius 3 is 2.86 bits per heavy atom. The third-order valence-corrected chi connectivity index (χ3v) is 2.64. The molecule has 1 aromatic heterocycles. The molecule has 0 amide bonds. The number of aryl methyl sites for hydroxylation is 1. The van der Waals surface area contributed by atoms with E-state index in [2.05, 4.69) is 15.3 Å². The van der Waals surface area contributed by atoms with Crippen LogP contribution in [0.25, 0.3) is 0 Å². The summed E-state index contributed by atoms with van der Waals surface area (Å²) in [5, 5.41) is 3.24. The second kappa shape index (κ2) is 4.11. The molecule has 5 heteroatoms. The Hall–Kier alpha value is -0.870. The van der Waals surface area contributed by atoms with Crippen LogP contribution in [-0.4, -0.2) is 34.6 Å². The van der Waals surface area contributed by atoms with Gasteiger partial charge in [0.05, 0.1) is 30.3 Å². The van der Waals surface area contributed by atoms with Gasteiger partial charge in [-0.3, -0.25) is 4.98 Å². The topological polar surface area (TPSA) is 47.0 Å². The molecule has 0 aromatic carbocycles. The van der Waals surface area contributed by atoms with Crippen LogP contribution in [0.3, 0.4) is 0 Å². The molecule has 4 nitrogen and oxygen atoms in total. The zero-order valence-corrected chi connectivity index (χ0v) is 8.66. The summed E-state index contributed by atoms with van der Waals surface area (Å²) < 4.78 is 5.24. The first-order chi connectivity index (χ1) is 6.77. The predicted octanol–water partition coefficient (Wildman–Crippen LogP) is 1.20.